The fourth-order valence-electron chi connectivity index (χ4n) is 3.29. The van der Waals surface area contributed by atoms with Gasteiger partial charge in [0.25, 0.3) is 0 Å². The molecule has 3 nitrogen and oxygen atoms in total. The molecule has 104 valence electrons. The Morgan fingerprint density at radius 3 is 2.55 bits per heavy atom. The van der Waals surface area contributed by atoms with E-state index in [4.69, 9.17) is 5.26 Å². The second-order valence-electron chi connectivity index (χ2n) is 5.48. The van der Waals surface area contributed by atoms with Crippen molar-refractivity contribution >= 4 is 16.6 Å². The number of ketones is 1. The number of fused-ring (bicyclic) bond motifs is 2. The van der Waals surface area contributed by atoms with Crippen LogP contribution in [0.4, 0.5) is 4.39 Å². The zero-order valence-electron chi connectivity index (χ0n) is 10.8. The number of hydrogen-bond donors (Lipinski definition) is 0. The number of nitrogens with zero attached hydrogens (tertiary/aromatic N) is 1. The Labute approximate surface area is 119 Å². The van der Waals surface area contributed by atoms with E-state index in [9.17, 15) is 13.4 Å². The first kappa shape index (κ1) is 13.4. The minimum absolute atomic E-state index is 0.0917. The molecule has 2 atom stereocenters. The molecule has 0 amide bonds. The molecule has 0 aromatic heterocycles. The fourth-order valence-corrected chi connectivity index (χ4v) is 5.42. The van der Waals surface area contributed by atoms with Gasteiger partial charge in [-0.1, -0.05) is 0 Å². The average molecular weight is 291 g/mol. The summed E-state index contributed by atoms with van der Waals surface area (Å²) in [4.78, 5) is 12.5. The highest BCUT2D eigenvalue weighted by Gasteiger charge is 2.43. The summed E-state index contributed by atoms with van der Waals surface area (Å²) in [5, 5.41) is 9.27. The number of Topliss-reactive ketones (excluding diaryl/α,β-unsaturated/α-hetero) is 1. The number of benzene rings is 1. The number of carbonyl (C=O) groups is 1. The van der Waals surface area contributed by atoms with Crippen LogP contribution in [0.1, 0.15) is 41.6 Å². The van der Waals surface area contributed by atoms with Crippen LogP contribution in [0.5, 0.6) is 0 Å². The molecule has 2 saturated heterocycles. The minimum atomic E-state index is -0.800. The predicted molar refractivity (Wildman–Crippen MR) is 73.1 cm³/mol. The molecule has 3 rings (SSSR count). The molecule has 2 heterocycles. The third-order valence-electron chi connectivity index (χ3n) is 4.30. The summed E-state index contributed by atoms with van der Waals surface area (Å²) in [6.07, 6.45) is 3.11. The van der Waals surface area contributed by atoms with Crippen LogP contribution < -0.4 is 0 Å². The van der Waals surface area contributed by atoms with E-state index in [2.05, 4.69) is 0 Å². The van der Waals surface area contributed by atoms with Crippen LogP contribution in [0.3, 0.4) is 0 Å². The Kier molecular flexibility index (Phi) is 3.43. The molecule has 20 heavy (non-hydrogen) atoms. The van der Waals surface area contributed by atoms with Gasteiger partial charge >= 0.3 is 0 Å². The van der Waals surface area contributed by atoms with Crippen molar-refractivity contribution in [2.75, 3.05) is 0 Å². The van der Waals surface area contributed by atoms with Gasteiger partial charge in [0.15, 0.2) is 5.78 Å². The molecular formula is C15H14FNO2S. The van der Waals surface area contributed by atoms with Crippen LogP contribution in [0.25, 0.3) is 0 Å². The highest BCUT2D eigenvalue weighted by molar-refractivity contribution is 7.86. The van der Waals surface area contributed by atoms with Gasteiger partial charge in [0.2, 0.25) is 0 Å². The zero-order valence-corrected chi connectivity index (χ0v) is 11.7. The lowest BCUT2D eigenvalue weighted by Gasteiger charge is -2.26. The molecule has 0 radical (unpaired) electrons. The van der Waals surface area contributed by atoms with E-state index >= 15 is 0 Å². The maximum absolute atomic E-state index is 13.1. The Morgan fingerprint density at radius 1 is 1.30 bits per heavy atom. The topological polar surface area (TPSA) is 57.9 Å². The van der Waals surface area contributed by atoms with Gasteiger partial charge < -0.3 is 0 Å². The first-order chi connectivity index (χ1) is 9.60. The van der Waals surface area contributed by atoms with Gasteiger partial charge in [-0.2, -0.15) is 5.26 Å². The quantitative estimate of drug-likeness (QED) is 0.787. The number of halogens is 1. The zero-order chi connectivity index (χ0) is 14.3. The van der Waals surface area contributed by atoms with Crippen LogP contribution in [0, 0.1) is 23.1 Å². The summed E-state index contributed by atoms with van der Waals surface area (Å²) < 4.78 is 25.1. The van der Waals surface area contributed by atoms with Gasteiger partial charge in [0.1, 0.15) is 5.82 Å². The van der Waals surface area contributed by atoms with Crippen molar-refractivity contribution in [3.63, 3.8) is 0 Å². The van der Waals surface area contributed by atoms with Crippen LogP contribution in [0.2, 0.25) is 0 Å². The molecule has 2 fully saturated rings. The van der Waals surface area contributed by atoms with E-state index in [0.29, 0.717) is 18.4 Å². The van der Waals surface area contributed by atoms with Crippen LogP contribution in [-0.2, 0) is 10.8 Å². The van der Waals surface area contributed by atoms with Crippen LogP contribution in [-0.4, -0.2) is 20.5 Å². The summed E-state index contributed by atoms with van der Waals surface area (Å²) in [6.45, 7) is 0. The molecule has 2 aliphatic rings. The van der Waals surface area contributed by atoms with E-state index in [-0.39, 0.29) is 27.8 Å². The molecule has 1 aromatic rings. The lowest BCUT2D eigenvalue weighted by Crippen LogP contribution is -2.32. The summed E-state index contributed by atoms with van der Waals surface area (Å²) >= 11 is 0. The Hall–Kier alpha value is -1.54. The third-order valence-corrected chi connectivity index (χ3v) is 6.47. The summed E-state index contributed by atoms with van der Waals surface area (Å²) in [7, 11) is -0.800. The molecule has 0 saturated carbocycles. The van der Waals surface area contributed by atoms with Crippen molar-refractivity contribution in [3.05, 3.63) is 35.1 Å². The Morgan fingerprint density at radius 2 is 1.95 bits per heavy atom. The van der Waals surface area contributed by atoms with Crippen molar-refractivity contribution in [3.8, 4) is 6.07 Å². The monoisotopic (exact) mass is 291 g/mol. The number of nitriles is 1. The van der Waals surface area contributed by atoms with Crippen molar-refractivity contribution in [2.45, 2.75) is 36.2 Å². The highest BCUT2D eigenvalue weighted by Crippen LogP contribution is 2.40. The molecule has 0 N–H and O–H groups in total. The van der Waals surface area contributed by atoms with Crippen molar-refractivity contribution in [1.29, 1.82) is 5.26 Å². The van der Waals surface area contributed by atoms with E-state index in [0.717, 1.165) is 18.9 Å². The van der Waals surface area contributed by atoms with Crippen LogP contribution in [0.15, 0.2) is 18.2 Å². The van der Waals surface area contributed by atoms with E-state index in [1.54, 1.807) is 0 Å². The maximum Gasteiger partial charge on any atom is 0.167 e. The number of hydrogen-bond acceptors (Lipinski definition) is 3. The first-order valence-corrected chi connectivity index (χ1v) is 8.01. The second kappa shape index (κ2) is 5.10. The molecule has 2 unspecified atom stereocenters. The van der Waals surface area contributed by atoms with Crippen molar-refractivity contribution < 1.29 is 13.4 Å². The Balaban J connectivity index is 1.87. The fraction of sp³-hybridized carbons (Fsp3) is 0.467. The smallest absolute Gasteiger partial charge is 0.167 e. The summed E-state index contributed by atoms with van der Waals surface area (Å²) in [5.41, 5.74) is 0.389. The van der Waals surface area contributed by atoms with E-state index in [1.165, 1.54) is 12.1 Å². The van der Waals surface area contributed by atoms with Gasteiger partial charge in [-0.05, 0) is 43.9 Å². The predicted octanol–water partition coefficient (Wildman–Crippen LogP) is 2.57. The third kappa shape index (κ3) is 2.18. The lowest BCUT2D eigenvalue weighted by molar-refractivity contribution is 0.0906. The SMILES string of the molecule is N#Cc1cc(F)ccc1C(=O)C1CC2CCC(C1)S2=O. The lowest BCUT2D eigenvalue weighted by atomic mass is 9.88. The molecular weight excluding hydrogens is 277 g/mol. The highest BCUT2D eigenvalue weighted by atomic mass is 32.2. The molecule has 0 spiro atoms. The average Bonchev–Trinajstić information content (AvgIpc) is 2.68. The van der Waals surface area contributed by atoms with Gasteiger partial charge in [0.05, 0.1) is 11.6 Å². The molecule has 2 aliphatic heterocycles. The summed E-state index contributed by atoms with van der Waals surface area (Å²) in [6, 6.07) is 5.59. The molecule has 1 aromatic carbocycles. The van der Waals surface area contributed by atoms with E-state index < -0.39 is 16.6 Å². The van der Waals surface area contributed by atoms with Gasteiger partial charge in [-0.25, -0.2) is 4.39 Å². The second-order valence-corrected chi connectivity index (χ2v) is 7.47. The van der Waals surface area contributed by atoms with Gasteiger partial charge in [-0.15, -0.1) is 0 Å². The maximum atomic E-state index is 13.1. The Bertz CT molecular complexity index is 621. The number of carbonyl (C=O) groups excluding carboxylic acids is 1. The summed E-state index contributed by atoms with van der Waals surface area (Å²) in [5.74, 6) is -0.791. The largest absolute Gasteiger partial charge is 0.294 e. The van der Waals surface area contributed by atoms with Gasteiger partial charge in [-0.3, -0.25) is 9.00 Å². The minimum Gasteiger partial charge on any atom is -0.294 e. The van der Waals surface area contributed by atoms with Crippen molar-refractivity contribution in [2.24, 2.45) is 5.92 Å². The molecule has 2 bridgehead atoms. The first-order valence-electron chi connectivity index (χ1n) is 6.73. The molecule has 0 aliphatic carbocycles. The van der Waals surface area contributed by atoms with E-state index in [1.807, 2.05) is 6.07 Å². The van der Waals surface area contributed by atoms with Crippen molar-refractivity contribution in [1.82, 2.24) is 0 Å². The number of rotatable bonds is 2. The normalized spacial score (nSPS) is 31.8. The standard InChI is InChI=1S/C15H14FNO2S/c16-11-1-4-14(10(5-11)8-17)15(18)9-6-12-2-3-13(7-9)20(12)19/h1,4-5,9,12-13H,2-3,6-7H2. The van der Waals surface area contributed by atoms with Crippen LogP contribution >= 0.6 is 0 Å². The van der Waals surface area contributed by atoms with Gasteiger partial charge in [0, 0.05) is 32.8 Å². The molecule has 5 heteroatoms.